The molecular weight excluding hydrogens is 208 g/mol. The van der Waals surface area contributed by atoms with E-state index >= 15 is 0 Å². The Balaban J connectivity index is 2.32. The molecule has 2 rings (SSSR count). The summed E-state index contributed by atoms with van der Waals surface area (Å²) in [6.07, 6.45) is 0. The highest BCUT2D eigenvalue weighted by atomic mass is 32.1. The zero-order chi connectivity index (χ0) is 11.1. The van der Waals surface area contributed by atoms with Gasteiger partial charge in [0.05, 0.1) is 30.0 Å². The molecule has 1 aliphatic rings. The standard InChI is InChI=1S/C11H14N2OS/c1-10(2,3)9-13-8(4-15-9)11(5-12)6-14-7-11/h4H,6-7H2,1-3H3. The van der Waals surface area contributed by atoms with Crippen molar-refractivity contribution in [1.29, 1.82) is 5.26 Å². The first-order valence-electron chi connectivity index (χ1n) is 4.93. The van der Waals surface area contributed by atoms with E-state index in [0.29, 0.717) is 13.2 Å². The van der Waals surface area contributed by atoms with Crippen molar-refractivity contribution in [3.63, 3.8) is 0 Å². The van der Waals surface area contributed by atoms with Gasteiger partial charge in [0, 0.05) is 10.8 Å². The van der Waals surface area contributed by atoms with Gasteiger partial charge in [-0.25, -0.2) is 4.98 Å². The molecule has 0 unspecified atom stereocenters. The van der Waals surface area contributed by atoms with Crippen molar-refractivity contribution in [3.05, 3.63) is 16.1 Å². The van der Waals surface area contributed by atoms with E-state index in [9.17, 15) is 0 Å². The zero-order valence-corrected chi connectivity index (χ0v) is 10.0. The predicted molar refractivity (Wildman–Crippen MR) is 58.9 cm³/mol. The van der Waals surface area contributed by atoms with Crippen LogP contribution in [0.1, 0.15) is 31.5 Å². The normalized spacial score (nSPS) is 19.3. The molecule has 0 atom stereocenters. The monoisotopic (exact) mass is 222 g/mol. The molecule has 0 aliphatic carbocycles. The zero-order valence-electron chi connectivity index (χ0n) is 9.20. The number of thiazole rings is 1. The second-order valence-electron chi connectivity index (χ2n) is 4.97. The van der Waals surface area contributed by atoms with Crippen LogP contribution in [-0.2, 0) is 15.6 Å². The summed E-state index contributed by atoms with van der Waals surface area (Å²) in [4.78, 5) is 4.56. The van der Waals surface area contributed by atoms with Crippen LogP contribution in [0.4, 0.5) is 0 Å². The molecule has 0 bridgehead atoms. The lowest BCUT2D eigenvalue weighted by Crippen LogP contribution is -2.45. The first-order valence-corrected chi connectivity index (χ1v) is 5.81. The van der Waals surface area contributed by atoms with Crippen LogP contribution in [0.25, 0.3) is 0 Å². The molecule has 1 fully saturated rings. The number of aromatic nitrogens is 1. The van der Waals surface area contributed by atoms with E-state index in [2.05, 4.69) is 31.8 Å². The Labute approximate surface area is 93.7 Å². The van der Waals surface area contributed by atoms with E-state index in [0.717, 1.165) is 10.7 Å². The summed E-state index contributed by atoms with van der Waals surface area (Å²) in [5.41, 5.74) is 0.468. The minimum absolute atomic E-state index is 0.0597. The largest absolute Gasteiger partial charge is 0.377 e. The molecule has 1 aromatic rings. The lowest BCUT2D eigenvalue weighted by Gasteiger charge is -2.33. The highest BCUT2D eigenvalue weighted by Gasteiger charge is 2.43. The van der Waals surface area contributed by atoms with Gasteiger partial charge in [0.1, 0.15) is 5.41 Å². The first kappa shape index (κ1) is 10.6. The number of rotatable bonds is 1. The molecule has 0 N–H and O–H groups in total. The van der Waals surface area contributed by atoms with E-state index < -0.39 is 5.41 Å². The number of ether oxygens (including phenoxy) is 1. The Hall–Kier alpha value is -0.920. The van der Waals surface area contributed by atoms with Gasteiger partial charge in [0.25, 0.3) is 0 Å². The van der Waals surface area contributed by atoms with Gasteiger partial charge in [0.15, 0.2) is 0 Å². The van der Waals surface area contributed by atoms with Gasteiger partial charge in [0.2, 0.25) is 0 Å². The van der Waals surface area contributed by atoms with Crippen LogP contribution in [0.15, 0.2) is 5.38 Å². The van der Waals surface area contributed by atoms with Crippen molar-refractivity contribution in [2.24, 2.45) is 0 Å². The Morgan fingerprint density at radius 1 is 1.53 bits per heavy atom. The summed E-state index contributed by atoms with van der Waals surface area (Å²) in [6.45, 7) is 7.36. The van der Waals surface area contributed by atoms with E-state index in [1.165, 1.54) is 0 Å². The molecule has 0 spiro atoms. The van der Waals surface area contributed by atoms with Crippen molar-refractivity contribution in [3.8, 4) is 6.07 Å². The number of hydrogen-bond acceptors (Lipinski definition) is 4. The molecule has 0 aromatic carbocycles. The Kier molecular flexibility index (Phi) is 2.32. The first-order chi connectivity index (χ1) is 6.98. The molecule has 1 aliphatic heterocycles. The average molecular weight is 222 g/mol. The number of hydrogen-bond donors (Lipinski definition) is 0. The van der Waals surface area contributed by atoms with Crippen molar-refractivity contribution in [1.82, 2.24) is 4.98 Å². The van der Waals surface area contributed by atoms with Gasteiger partial charge in [-0.05, 0) is 0 Å². The van der Waals surface area contributed by atoms with Crippen LogP contribution in [0.3, 0.4) is 0 Å². The quantitative estimate of drug-likeness (QED) is 0.732. The number of nitriles is 1. The molecule has 0 saturated carbocycles. The Bertz CT molecular complexity index is 407. The van der Waals surface area contributed by atoms with Crippen molar-refractivity contribution < 1.29 is 4.74 Å². The van der Waals surface area contributed by atoms with Gasteiger partial charge in [-0.15, -0.1) is 11.3 Å². The molecule has 4 heteroatoms. The van der Waals surface area contributed by atoms with Gasteiger partial charge in [-0.1, -0.05) is 20.8 Å². The van der Waals surface area contributed by atoms with Crippen molar-refractivity contribution in [2.45, 2.75) is 31.6 Å². The van der Waals surface area contributed by atoms with Crippen LogP contribution in [0.5, 0.6) is 0 Å². The highest BCUT2D eigenvalue weighted by Crippen LogP contribution is 2.35. The molecule has 15 heavy (non-hydrogen) atoms. The lowest BCUT2D eigenvalue weighted by atomic mass is 9.85. The molecule has 0 amide bonds. The lowest BCUT2D eigenvalue weighted by molar-refractivity contribution is -0.0316. The topological polar surface area (TPSA) is 45.9 Å². The smallest absolute Gasteiger partial charge is 0.146 e. The summed E-state index contributed by atoms with van der Waals surface area (Å²) < 4.78 is 5.12. The molecule has 0 radical (unpaired) electrons. The molecule has 1 aromatic heterocycles. The second-order valence-corrected chi connectivity index (χ2v) is 5.83. The van der Waals surface area contributed by atoms with E-state index in [1.807, 2.05) is 5.38 Å². The van der Waals surface area contributed by atoms with Gasteiger partial charge >= 0.3 is 0 Å². The van der Waals surface area contributed by atoms with Crippen LogP contribution in [0, 0.1) is 11.3 Å². The van der Waals surface area contributed by atoms with Crippen molar-refractivity contribution in [2.75, 3.05) is 13.2 Å². The third-order valence-electron chi connectivity index (χ3n) is 2.55. The predicted octanol–water partition coefficient (Wildman–Crippen LogP) is 2.23. The van der Waals surface area contributed by atoms with E-state index in [1.54, 1.807) is 11.3 Å². The maximum absolute atomic E-state index is 9.14. The van der Waals surface area contributed by atoms with E-state index in [4.69, 9.17) is 10.00 Å². The minimum Gasteiger partial charge on any atom is -0.377 e. The average Bonchev–Trinajstić information content (AvgIpc) is 2.51. The fourth-order valence-corrected chi connectivity index (χ4v) is 2.42. The summed E-state index contributed by atoms with van der Waals surface area (Å²) in [5, 5.41) is 12.2. The van der Waals surface area contributed by atoms with Crippen LogP contribution >= 0.6 is 11.3 Å². The fraction of sp³-hybridized carbons (Fsp3) is 0.636. The van der Waals surface area contributed by atoms with Crippen LogP contribution in [0.2, 0.25) is 0 Å². The van der Waals surface area contributed by atoms with Gasteiger partial charge in [-0.2, -0.15) is 5.26 Å². The molecule has 80 valence electrons. The van der Waals surface area contributed by atoms with Gasteiger partial charge in [-0.3, -0.25) is 0 Å². The maximum Gasteiger partial charge on any atom is 0.146 e. The summed E-state index contributed by atoms with van der Waals surface area (Å²) in [6, 6.07) is 2.32. The second kappa shape index (κ2) is 3.29. The summed E-state index contributed by atoms with van der Waals surface area (Å²) >= 11 is 1.63. The third-order valence-corrected chi connectivity index (χ3v) is 3.82. The Morgan fingerprint density at radius 2 is 2.20 bits per heavy atom. The molecular formula is C11H14N2OS. The molecule has 3 nitrogen and oxygen atoms in total. The fourth-order valence-electron chi connectivity index (χ4n) is 1.41. The summed E-state index contributed by atoms with van der Waals surface area (Å²) in [7, 11) is 0. The molecule has 1 saturated heterocycles. The minimum atomic E-state index is -0.472. The van der Waals surface area contributed by atoms with Gasteiger partial charge < -0.3 is 4.74 Å². The number of nitrogens with zero attached hydrogens (tertiary/aromatic N) is 2. The van der Waals surface area contributed by atoms with Crippen molar-refractivity contribution >= 4 is 11.3 Å². The highest BCUT2D eigenvalue weighted by molar-refractivity contribution is 7.09. The Morgan fingerprint density at radius 3 is 2.53 bits per heavy atom. The summed E-state index contributed by atoms with van der Waals surface area (Å²) in [5.74, 6) is 0. The van der Waals surface area contributed by atoms with Crippen LogP contribution < -0.4 is 0 Å². The van der Waals surface area contributed by atoms with E-state index in [-0.39, 0.29) is 5.41 Å². The molecule has 2 heterocycles. The SMILES string of the molecule is CC(C)(C)c1nc(C2(C#N)COC2)cs1. The third kappa shape index (κ3) is 1.66. The van der Waals surface area contributed by atoms with Crippen LogP contribution in [-0.4, -0.2) is 18.2 Å². The maximum atomic E-state index is 9.14.